The predicted molar refractivity (Wildman–Crippen MR) is 80.6 cm³/mol. The van der Waals surface area contributed by atoms with Crippen LogP contribution in [-0.4, -0.2) is 44.4 Å². The van der Waals surface area contributed by atoms with Crippen molar-refractivity contribution in [2.45, 2.75) is 25.3 Å². The van der Waals surface area contributed by atoms with Gasteiger partial charge in [0.2, 0.25) is 0 Å². The lowest BCUT2D eigenvalue weighted by molar-refractivity contribution is -0.144. The number of hydrogen-bond acceptors (Lipinski definition) is 4. The van der Waals surface area contributed by atoms with Gasteiger partial charge in [-0.2, -0.15) is 0 Å². The molecule has 1 aromatic carbocycles. The van der Waals surface area contributed by atoms with E-state index in [1.54, 1.807) is 21.1 Å². The number of hydrogen-bond donors (Lipinski definition) is 2. The monoisotopic (exact) mass is 280 g/mol. The van der Waals surface area contributed by atoms with Crippen molar-refractivity contribution >= 4 is 11.7 Å². The van der Waals surface area contributed by atoms with Gasteiger partial charge in [0.1, 0.15) is 11.3 Å². The first-order chi connectivity index (χ1) is 9.42. The molecule has 0 amide bonds. The SMILES string of the molecule is CNC(C)(CCCN(C)c1ccc(OC)cc1)C(=O)O. The van der Waals surface area contributed by atoms with Crippen molar-refractivity contribution in [1.29, 1.82) is 0 Å². The third-order valence-corrected chi connectivity index (χ3v) is 3.71. The number of ether oxygens (including phenoxy) is 1. The minimum atomic E-state index is -0.860. The Kier molecular flexibility index (Phi) is 5.82. The summed E-state index contributed by atoms with van der Waals surface area (Å²) in [5.41, 5.74) is 0.230. The second-order valence-corrected chi connectivity index (χ2v) is 5.11. The number of benzene rings is 1. The highest BCUT2D eigenvalue weighted by molar-refractivity contribution is 5.78. The molecule has 0 aliphatic carbocycles. The quantitative estimate of drug-likeness (QED) is 0.762. The molecule has 112 valence electrons. The third-order valence-electron chi connectivity index (χ3n) is 3.71. The highest BCUT2D eigenvalue weighted by Crippen LogP contribution is 2.19. The van der Waals surface area contributed by atoms with Crippen LogP contribution in [-0.2, 0) is 4.79 Å². The topological polar surface area (TPSA) is 61.8 Å². The zero-order valence-corrected chi connectivity index (χ0v) is 12.6. The lowest BCUT2D eigenvalue weighted by atomic mass is 9.96. The number of anilines is 1. The van der Waals surface area contributed by atoms with E-state index < -0.39 is 11.5 Å². The molecule has 0 aromatic heterocycles. The standard InChI is InChI=1S/C15H24N2O3/c1-15(16-2,14(18)19)10-5-11-17(3)12-6-8-13(20-4)9-7-12/h6-9,16H,5,10-11H2,1-4H3,(H,18,19). The number of carboxylic acids is 1. The van der Waals surface area contributed by atoms with Gasteiger partial charge in [0.15, 0.2) is 0 Å². The summed E-state index contributed by atoms with van der Waals surface area (Å²) in [6.45, 7) is 2.51. The van der Waals surface area contributed by atoms with E-state index in [1.165, 1.54) is 0 Å². The molecule has 1 rings (SSSR count). The van der Waals surface area contributed by atoms with Crippen LogP contribution in [0.2, 0.25) is 0 Å². The fourth-order valence-corrected chi connectivity index (χ4v) is 1.97. The van der Waals surface area contributed by atoms with E-state index in [0.29, 0.717) is 6.42 Å². The molecule has 0 heterocycles. The molecule has 0 saturated carbocycles. The summed E-state index contributed by atoms with van der Waals surface area (Å²) < 4.78 is 5.12. The molecule has 0 saturated heterocycles. The molecule has 2 N–H and O–H groups in total. The molecule has 5 heteroatoms. The van der Waals surface area contributed by atoms with Gasteiger partial charge in [0.25, 0.3) is 0 Å². The van der Waals surface area contributed by atoms with Crippen molar-refractivity contribution in [2.75, 3.05) is 32.6 Å². The fourth-order valence-electron chi connectivity index (χ4n) is 1.97. The number of nitrogens with zero attached hydrogens (tertiary/aromatic N) is 1. The van der Waals surface area contributed by atoms with Crippen LogP contribution >= 0.6 is 0 Å². The lowest BCUT2D eigenvalue weighted by Crippen LogP contribution is -2.47. The molecule has 0 aliphatic rings. The van der Waals surface area contributed by atoms with Gasteiger partial charge >= 0.3 is 5.97 Å². The van der Waals surface area contributed by atoms with Crippen molar-refractivity contribution in [1.82, 2.24) is 5.32 Å². The number of likely N-dealkylation sites (N-methyl/N-ethyl adjacent to an activating group) is 1. The molecule has 0 fully saturated rings. The zero-order valence-electron chi connectivity index (χ0n) is 12.6. The summed E-state index contributed by atoms with van der Waals surface area (Å²) >= 11 is 0. The fraction of sp³-hybridized carbons (Fsp3) is 0.533. The van der Waals surface area contributed by atoms with Crippen molar-refractivity contribution in [3.05, 3.63) is 24.3 Å². The van der Waals surface area contributed by atoms with E-state index in [0.717, 1.165) is 24.4 Å². The number of aliphatic carboxylic acids is 1. The van der Waals surface area contributed by atoms with Crippen LogP contribution in [0.25, 0.3) is 0 Å². The maximum atomic E-state index is 11.2. The van der Waals surface area contributed by atoms with E-state index >= 15 is 0 Å². The summed E-state index contributed by atoms with van der Waals surface area (Å²) in [5.74, 6) is 0.0166. The maximum absolute atomic E-state index is 11.2. The second-order valence-electron chi connectivity index (χ2n) is 5.11. The first kappa shape index (κ1) is 16.3. The summed E-state index contributed by atoms with van der Waals surface area (Å²) in [5, 5.41) is 12.1. The Morgan fingerprint density at radius 3 is 2.45 bits per heavy atom. The highest BCUT2D eigenvalue weighted by Gasteiger charge is 2.30. The van der Waals surface area contributed by atoms with Crippen LogP contribution < -0.4 is 15.0 Å². The Balaban J connectivity index is 2.50. The molecule has 0 radical (unpaired) electrons. The molecule has 1 aromatic rings. The Labute approximate surface area is 120 Å². The third kappa shape index (κ3) is 4.13. The Bertz CT molecular complexity index is 433. The predicted octanol–water partition coefficient (Wildman–Crippen LogP) is 1.97. The average Bonchev–Trinajstić information content (AvgIpc) is 2.46. The van der Waals surface area contributed by atoms with Gasteiger partial charge in [-0.3, -0.25) is 4.79 Å². The van der Waals surface area contributed by atoms with E-state index in [2.05, 4.69) is 10.2 Å². The van der Waals surface area contributed by atoms with Crippen molar-refractivity contribution in [3.8, 4) is 5.75 Å². The molecule has 0 spiro atoms. The van der Waals surface area contributed by atoms with Crippen LogP contribution in [0.15, 0.2) is 24.3 Å². The van der Waals surface area contributed by atoms with Gasteiger partial charge < -0.3 is 20.1 Å². The van der Waals surface area contributed by atoms with Gasteiger partial charge in [-0.05, 0) is 51.1 Å². The zero-order chi connectivity index (χ0) is 15.2. The summed E-state index contributed by atoms with van der Waals surface area (Å²) in [7, 11) is 5.32. The smallest absolute Gasteiger partial charge is 0.323 e. The molecular weight excluding hydrogens is 256 g/mol. The first-order valence-corrected chi connectivity index (χ1v) is 6.70. The molecule has 1 atom stereocenters. The number of carboxylic acid groups (broad SMARTS) is 1. The molecule has 20 heavy (non-hydrogen) atoms. The average molecular weight is 280 g/mol. The molecular formula is C15H24N2O3. The minimum absolute atomic E-state index is 0.583. The number of carbonyl (C=O) groups is 1. The largest absolute Gasteiger partial charge is 0.497 e. The number of nitrogens with one attached hydrogen (secondary N) is 1. The van der Waals surface area contributed by atoms with Gasteiger partial charge in [0, 0.05) is 19.3 Å². The van der Waals surface area contributed by atoms with Gasteiger partial charge in [-0.1, -0.05) is 0 Å². The van der Waals surface area contributed by atoms with E-state index in [4.69, 9.17) is 4.74 Å². The molecule has 0 aliphatic heterocycles. The molecule has 0 bridgehead atoms. The van der Waals surface area contributed by atoms with E-state index in [1.807, 2.05) is 31.3 Å². The minimum Gasteiger partial charge on any atom is -0.497 e. The highest BCUT2D eigenvalue weighted by atomic mass is 16.5. The molecule has 5 nitrogen and oxygen atoms in total. The van der Waals surface area contributed by atoms with Crippen molar-refractivity contribution < 1.29 is 14.6 Å². The van der Waals surface area contributed by atoms with Crippen LogP contribution in [0, 0.1) is 0 Å². The van der Waals surface area contributed by atoms with Crippen molar-refractivity contribution in [2.24, 2.45) is 0 Å². The maximum Gasteiger partial charge on any atom is 0.323 e. The Hall–Kier alpha value is -1.75. The first-order valence-electron chi connectivity index (χ1n) is 6.70. The summed E-state index contributed by atoms with van der Waals surface area (Å²) in [6.07, 6.45) is 1.38. The van der Waals surface area contributed by atoms with Crippen molar-refractivity contribution in [3.63, 3.8) is 0 Å². The van der Waals surface area contributed by atoms with Crippen LogP contribution in [0.5, 0.6) is 5.75 Å². The van der Waals surface area contributed by atoms with Crippen LogP contribution in [0.3, 0.4) is 0 Å². The lowest BCUT2D eigenvalue weighted by Gasteiger charge is -2.26. The second kappa shape index (κ2) is 7.14. The van der Waals surface area contributed by atoms with Gasteiger partial charge in [-0.25, -0.2) is 0 Å². The normalized spacial score (nSPS) is 13.6. The van der Waals surface area contributed by atoms with E-state index in [-0.39, 0.29) is 0 Å². The number of methoxy groups -OCH3 is 1. The van der Waals surface area contributed by atoms with E-state index in [9.17, 15) is 9.90 Å². The molecule has 1 unspecified atom stereocenters. The summed E-state index contributed by atoms with van der Waals surface area (Å²) in [4.78, 5) is 13.3. The van der Waals surface area contributed by atoms with Crippen LogP contribution in [0.1, 0.15) is 19.8 Å². The van der Waals surface area contributed by atoms with Crippen LogP contribution in [0.4, 0.5) is 5.69 Å². The Morgan fingerprint density at radius 2 is 2.00 bits per heavy atom. The summed E-state index contributed by atoms with van der Waals surface area (Å²) in [6, 6.07) is 7.82. The Morgan fingerprint density at radius 1 is 1.40 bits per heavy atom. The van der Waals surface area contributed by atoms with Gasteiger partial charge in [-0.15, -0.1) is 0 Å². The van der Waals surface area contributed by atoms with Gasteiger partial charge in [0.05, 0.1) is 7.11 Å². The number of rotatable bonds is 8.